The van der Waals surface area contributed by atoms with Crippen molar-refractivity contribution in [3.05, 3.63) is 46.9 Å². The van der Waals surface area contributed by atoms with E-state index in [0.29, 0.717) is 40.6 Å². The van der Waals surface area contributed by atoms with Crippen LogP contribution in [-0.4, -0.2) is 37.2 Å². The molecule has 1 heterocycles. The summed E-state index contributed by atoms with van der Waals surface area (Å²) in [5, 5.41) is 2.85. The van der Waals surface area contributed by atoms with Crippen molar-refractivity contribution in [3.8, 4) is 39.8 Å². The van der Waals surface area contributed by atoms with Crippen LogP contribution in [0.1, 0.15) is 32.6 Å². The molecular weight excluding hydrogens is 486 g/mol. The summed E-state index contributed by atoms with van der Waals surface area (Å²) in [6.45, 7) is 2.10. The van der Waals surface area contributed by atoms with Crippen molar-refractivity contribution in [2.24, 2.45) is 0 Å². The Morgan fingerprint density at radius 3 is 2.15 bits per heavy atom. The van der Waals surface area contributed by atoms with Gasteiger partial charge in [-0.2, -0.15) is 0 Å². The predicted octanol–water partition coefficient (Wildman–Crippen LogP) is 6.12. The highest BCUT2D eigenvalue weighted by Crippen LogP contribution is 2.40. The number of anilines is 1. The summed E-state index contributed by atoms with van der Waals surface area (Å²) in [6.07, 6.45) is 3.30. The van der Waals surface area contributed by atoms with Gasteiger partial charge in [0.15, 0.2) is 11.5 Å². The maximum Gasteiger partial charge on any atom is 0.230 e. The lowest BCUT2D eigenvalue weighted by atomic mass is 10.1. The molecule has 0 aliphatic heterocycles. The molecule has 7 nitrogen and oxygen atoms in total. The minimum atomic E-state index is -0.110. The van der Waals surface area contributed by atoms with Crippen molar-refractivity contribution in [3.63, 3.8) is 0 Å². The average Bonchev–Trinajstić information content (AvgIpc) is 2.83. The van der Waals surface area contributed by atoms with E-state index in [-0.39, 0.29) is 11.9 Å². The van der Waals surface area contributed by atoms with Crippen molar-refractivity contribution >= 4 is 27.8 Å². The van der Waals surface area contributed by atoms with Crippen molar-refractivity contribution < 1.29 is 19.0 Å². The van der Waals surface area contributed by atoms with Gasteiger partial charge in [-0.25, -0.2) is 9.97 Å². The molecule has 0 bridgehead atoms. The molecule has 0 radical (unpaired) electrons. The van der Waals surface area contributed by atoms with Gasteiger partial charge < -0.3 is 14.2 Å². The molecule has 0 saturated carbocycles. The molecule has 0 aliphatic rings. The van der Waals surface area contributed by atoms with E-state index in [1.54, 1.807) is 33.5 Å². The SMILES string of the molecule is CCCCCC(=O)Nc1nc(-c2ccc(Br)cc2)cc(-c2cc(OC)c(OC)cc2OC)n1. The first-order valence-corrected chi connectivity index (χ1v) is 11.5. The fourth-order valence-electron chi connectivity index (χ4n) is 3.36. The number of nitrogens with one attached hydrogen (secondary N) is 1. The minimum Gasteiger partial charge on any atom is -0.496 e. The Kier molecular flexibility index (Phi) is 8.65. The number of hydrogen-bond donors (Lipinski definition) is 1. The molecule has 33 heavy (non-hydrogen) atoms. The van der Waals surface area contributed by atoms with Crippen molar-refractivity contribution in [1.29, 1.82) is 0 Å². The highest BCUT2D eigenvalue weighted by Gasteiger charge is 2.18. The van der Waals surface area contributed by atoms with E-state index < -0.39 is 0 Å². The minimum absolute atomic E-state index is 0.110. The van der Waals surface area contributed by atoms with Crippen LogP contribution in [0.2, 0.25) is 0 Å². The van der Waals surface area contributed by atoms with E-state index in [4.69, 9.17) is 14.2 Å². The molecule has 174 valence electrons. The number of carbonyl (C=O) groups is 1. The number of benzene rings is 2. The Labute approximate surface area is 202 Å². The Balaban J connectivity index is 2.09. The van der Waals surface area contributed by atoms with Gasteiger partial charge in [0.1, 0.15) is 5.75 Å². The normalized spacial score (nSPS) is 10.6. The van der Waals surface area contributed by atoms with Gasteiger partial charge in [0.2, 0.25) is 11.9 Å². The standard InChI is InChI=1S/C25H28BrN3O4/c1-5-6-7-8-24(30)29-25-27-19(16-9-11-17(26)12-10-16)14-20(28-25)18-13-22(32-3)23(33-4)15-21(18)31-2/h9-15H,5-8H2,1-4H3,(H,27,28,29,30). The number of unbranched alkanes of at least 4 members (excludes halogenated alkanes) is 2. The summed E-state index contributed by atoms with van der Waals surface area (Å²) < 4.78 is 17.4. The van der Waals surface area contributed by atoms with Crippen LogP contribution in [-0.2, 0) is 4.79 Å². The zero-order valence-electron chi connectivity index (χ0n) is 19.3. The fourth-order valence-corrected chi connectivity index (χ4v) is 3.63. The molecule has 0 aliphatic carbocycles. The molecule has 3 aromatic rings. The van der Waals surface area contributed by atoms with E-state index in [1.165, 1.54) is 0 Å². The van der Waals surface area contributed by atoms with Gasteiger partial charge in [0.25, 0.3) is 0 Å². The van der Waals surface area contributed by atoms with Crippen molar-refractivity contribution in [1.82, 2.24) is 9.97 Å². The summed E-state index contributed by atoms with van der Waals surface area (Å²) in [5.74, 6) is 1.78. The number of halogens is 1. The summed E-state index contributed by atoms with van der Waals surface area (Å²) in [5.41, 5.74) is 2.85. The van der Waals surface area contributed by atoms with Crippen LogP contribution in [0, 0.1) is 0 Å². The second kappa shape index (κ2) is 11.7. The topological polar surface area (TPSA) is 82.6 Å². The van der Waals surface area contributed by atoms with Crippen LogP contribution in [0.4, 0.5) is 5.95 Å². The molecule has 2 aromatic carbocycles. The second-order valence-electron chi connectivity index (χ2n) is 7.38. The molecule has 0 saturated heterocycles. The number of methoxy groups -OCH3 is 3. The lowest BCUT2D eigenvalue weighted by molar-refractivity contribution is -0.116. The smallest absolute Gasteiger partial charge is 0.230 e. The van der Waals surface area contributed by atoms with Gasteiger partial charge in [0, 0.05) is 28.1 Å². The van der Waals surface area contributed by atoms with Crippen LogP contribution < -0.4 is 19.5 Å². The van der Waals surface area contributed by atoms with Crippen molar-refractivity contribution in [2.75, 3.05) is 26.6 Å². The number of hydrogen-bond acceptors (Lipinski definition) is 6. The van der Waals surface area contributed by atoms with E-state index >= 15 is 0 Å². The lowest BCUT2D eigenvalue weighted by Crippen LogP contribution is -2.14. The summed E-state index contributed by atoms with van der Waals surface area (Å²) in [4.78, 5) is 21.7. The number of nitrogens with zero attached hydrogens (tertiary/aromatic N) is 2. The van der Waals surface area contributed by atoms with Crippen LogP contribution in [0.3, 0.4) is 0 Å². The third-order valence-corrected chi connectivity index (χ3v) is 5.64. The second-order valence-corrected chi connectivity index (χ2v) is 8.30. The third kappa shape index (κ3) is 6.22. The number of amides is 1. The van der Waals surface area contributed by atoms with Gasteiger partial charge in [0.05, 0.1) is 32.7 Å². The Hall–Kier alpha value is -3.13. The Morgan fingerprint density at radius 2 is 1.52 bits per heavy atom. The van der Waals surface area contributed by atoms with Crippen LogP contribution in [0.5, 0.6) is 17.2 Å². The van der Waals surface area contributed by atoms with E-state index in [2.05, 4.69) is 38.1 Å². The molecule has 8 heteroatoms. The van der Waals surface area contributed by atoms with Gasteiger partial charge in [-0.15, -0.1) is 0 Å². The van der Waals surface area contributed by atoms with Crippen molar-refractivity contribution in [2.45, 2.75) is 32.6 Å². The van der Waals surface area contributed by atoms with Gasteiger partial charge >= 0.3 is 0 Å². The largest absolute Gasteiger partial charge is 0.496 e. The first kappa shape index (κ1) is 24.5. The van der Waals surface area contributed by atoms with E-state index in [9.17, 15) is 4.79 Å². The van der Waals surface area contributed by atoms with Crippen LogP contribution >= 0.6 is 15.9 Å². The maximum absolute atomic E-state index is 12.5. The predicted molar refractivity (Wildman–Crippen MR) is 133 cm³/mol. The first-order valence-electron chi connectivity index (χ1n) is 10.7. The van der Waals surface area contributed by atoms with Crippen LogP contribution in [0.25, 0.3) is 22.5 Å². The highest BCUT2D eigenvalue weighted by molar-refractivity contribution is 9.10. The van der Waals surface area contributed by atoms with E-state index in [1.807, 2.05) is 30.3 Å². The zero-order valence-corrected chi connectivity index (χ0v) is 20.9. The third-order valence-electron chi connectivity index (χ3n) is 5.11. The van der Waals surface area contributed by atoms with Gasteiger partial charge in [-0.05, 0) is 30.7 Å². The number of rotatable bonds is 10. The number of aromatic nitrogens is 2. The molecule has 3 rings (SSSR count). The van der Waals surface area contributed by atoms with Gasteiger partial charge in [-0.1, -0.05) is 47.8 Å². The monoisotopic (exact) mass is 513 g/mol. The quantitative estimate of drug-likeness (QED) is 0.329. The molecule has 1 aromatic heterocycles. The first-order chi connectivity index (χ1) is 16.0. The molecule has 1 amide bonds. The lowest BCUT2D eigenvalue weighted by Gasteiger charge is -2.15. The zero-order chi connectivity index (χ0) is 23.8. The molecule has 0 spiro atoms. The van der Waals surface area contributed by atoms with Crippen LogP contribution in [0.15, 0.2) is 46.9 Å². The van der Waals surface area contributed by atoms with Gasteiger partial charge in [-0.3, -0.25) is 10.1 Å². The summed E-state index contributed by atoms with van der Waals surface area (Å²) in [6, 6.07) is 13.2. The number of ether oxygens (including phenoxy) is 3. The fraction of sp³-hybridized carbons (Fsp3) is 0.320. The Morgan fingerprint density at radius 1 is 0.879 bits per heavy atom. The highest BCUT2D eigenvalue weighted by atomic mass is 79.9. The Bertz CT molecular complexity index is 1100. The molecule has 0 atom stereocenters. The maximum atomic E-state index is 12.5. The summed E-state index contributed by atoms with van der Waals surface area (Å²) in [7, 11) is 4.72. The molecule has 0 fully saturated rings. The molecule has 0 unspecified atom stereocenters. The molecular formula is C25H28BrN3O4. The number of carbonyl (C=O) groups excluding carboxylic acids is 1. The molecule has 1 N–H and O–H groups in total. The average molecular weight is 514 g/mol. The van der Waals surface area contributed by atoms with E-state index in [0.717, 1.165) is 29.3 Å². The summed E-state index contributed by atoms with van der Waals surface area (Å²) >= 11 is 3.46.